The summed E-state index contributed by atoms with van der Waals surface area (Å²) in [6.07, 6.45) is 0. The van der Waals surface area contributed by atoms with E-state index < -0.39 is 0 Å². The largest absolute Gasteiger partial charge is 0.310 e. The Labute approximate surface area is 319 Å². The second-order valence-electron chi connectivity index (χ2n) is 13.7. The van der Waals surface area contributed by atoms with E-state index in [4.69, 9.17) is 0 Å². The fourth-order valence-electron chi connectivity index (χ4n) is 7.81. The molecule has 10 rings (SSSR count). The minimum absolute atomic E-state index is 1.10. The minimum Gasteiger partial charge on any atom is -0.310 e. The van der Waals surface area contributed by atoms with E-state index in [1.807, 2.05) is 11.3 Å². The highest BCUT2D eigenvalue weighted by Gasteiger charge is 2.20. The smallest absolute Gasteiger partial charge is 0.0540 e. The molecule has 1 aromatic heterocycles. The molecule has 0 fully saturated rings. The Morgan fingerprint density at radius 3 is 1.70 bits per heavy atom. The Balaban J connectivity index is 1.15. The van der Waals surface area contributed by atoms with E-state index in [-0.39, 0.29) is 0 Å². The van der Waals surface area contributed by atoms with Crippen LogP contribution in [0, 0.1) is 0 Å². The molecule has 1 nitrogen and oxygen atoms in total. The van der Waals surface area contributed by atoms with Crippen LogP contribution in [0.1, 0.15) is 0 Å². The van der Waals surface area contributed by atoms with Gasteiger partial charge >= 0.3 is 0 Å². The monoisotopic (exact) mass is 705 g/mol. The van der Waals surface area contributed by atoms with Gasteiger partial charge in [0.05, 0.1) is 5.69 Å². The third-order valence-electron chi connectivity index (χ3n) is 10.5. The molecule has 0 aliphatic heterocycles. The third-order valence-corrected chi connectivity index (χ3v) is 11.6. The van der Waals surface area contributed by atoms with Crippen LogP contribution in [0.3, 0.4) is 0 Å². The van der Waals surface area contributed by atoms with E-state index in [1.54, 1.807) is 0 Å². The first-order valence-corrected chi connectivity index (χ1v) is 19.2. The van der Waals surface area contributed by atoms with Crippen LogP contribution in [0.5, 0.6) is 0 Å². The van der Waals surface area contributed by atoms with Crippen molar-refractivity contribution < 1.29 is 0 Å². The van der Waals surface area contributed by atoms with E-state index in [0.29, 0.717) is 0 Å². The van der Waals surface area contributed by atoms with Crippen molar-refractivity contribution in [2.24, 2.45) is 0 Å². The number of hydrogen-bond acceptors (Lipinski definition) is 2. The first-order chi connectivity index (χ1) is 26.8. The van der Waals surface area contributed by atoms with Gasteiger partial charge in [-0.2, -0.15) is 0 Å². The predicted octanol–water partition coefficient (Wildman–Crippen LogP) is 15.3. The van der Waals surface area contributed by atoms with Crippen LogP contribution in [-0.4, -0.2) is 0 Å². The summed E-state index contributed by atoms with van der Waals surface area (Å²) in [5.41, 5.74) is 12.9. The van der Waals surface area contributed by atoms with Crippen molar-refractivity contribution in [3.05, 3.63) is 212 Å². The molecule has 0 saturated heterocycles. The molecule has 0 radical (unpaired) electrons. The van der Waals surface area contributed by atoms with Crippen LogP contribution in [0.25, 0.3) is 75.5 Å². The number of anilines is 3. The van der Waals surface area contributed by atoms with Crippen molar-refractivity contribution in [2.45, 2.75) is 0 Å². The van der Waals surface area contributed by atoms with Crippen LogP contribution in [0.2, 0.25) is 0 Å². The summed E-state index contributed by atoms with van der Waals surface area (Å²) in [6, 6.07) is 77.2. The lowest BCUT2D eigenvalue weighted by molar-refractivity contribution is 1.28. The highest BCUT2D eigenvalue weighted by atomic mass is 32.1. The first-order valence-electron chi connectivity index (χ1n) is 18.4. The quantitative estimate of drug-likeness (QED) is 0.160. The summed E-state index contributed by atoms with van der Waals surface area (Å²) in [6.45, 7) is 0. The number of benzene rings is 9. The maximum absolute atomic E-state index is 2.42. The van der Waals surface area contributed by atoms with Gasteiger partial charge in [-0.15, -0.1) is 11.3 Å². The van der Waals surface area contributed by atoms with Crippen molar-refractivity contribution in [3.8, 4) is 44.5 Å². The molecular weight excluding hydrogens is 671 g/mol. The number of rotatable bonds is 7. The Morgan fingerprint density at radius 2 is 0.870 bits per heavy atom. The fraction of sp³-hybridized carbons (Fsp3) is 0. The molecule has 0 N–H and O–H groups in total. The van der Waals surface area contributed by atoms with E-state index >= 15 is 0 Å². The Hall–Kier alpha value is -6.74. The van der Waals surface area contributed by atoms with Crippen LogP contribution < -0.4 is 4.90 Å². The molecule has 9 aromatic carbocycles. The summed E-state index contributed by atoms with van der Waals surface area (Å²) >= 11 is 1.86. The highest BCUT2D eigenvalue weighted by Crippen LogP contribution is 2.45. The average molecular weight is 706 g/mol. The van der Waals surface area contributed by atoms with Crippen LogP contribution in [-0.2, 0) is 0 Å². The molecule has 0 aliphatic rings. The van der Waals surface area contributed by atoms with Gasteiger partial charge in [0.25, 0.3) is 0 Å². The molecular formula is C52H35NS. The summed E-state index contributed by atoms with van der Waals surface area (Å²) in [7, 11) is 0. The van der Waals surface area contributed by atoms with Crippen molar-refractivity contribution in [2.75, 3.05) is 4.90 Å². The van der Waals surface area contributed by atoms with Crippen molar-refractivity contribution in [3.63, 3.8) is 0 Å². The van der Waals surface area contributed by atoms with Gasteiger partial charge in [0.1, 0.15) is 0 Å². The first kappa shape index (κ1) is 32.0. The van der Waals surface area contributed by atoms with Crippen LogP contribution >= 0.6 is 11.3 Å². The van der Waals surface area contributed by atoms with Gasteiger partial charge in [0.2, 0.25) is 0 Å². The zero-order valence-corrected chi connectivity index (χ0v) is 30.4. The SMILES string of the molecule is c1ccc(-c2cccc(N(c3ccc(-c4cccc5ccccc45)cc3)c3ccc(-c4ccc5sc6ccccc6c5c4)cc3-c3ccccc3)c2)cc1. The summed E-state index contributed by atoms with van der Waals surface area (Å²) in [5, 5.41) is 5.13. The molecule has 10 aromatic rings. The predicted molar refractivity (Wildman–Crippen MR) is 233 cm³/mol. The summed E-state index contributed by atoms with van der Waals surface area (Å²) < 4.78 is 2.64. The van der Waals surface area contributed by atoms with E-state index in [1.165, 1.54) is 75.5 Å². The molecule has 0 spiro atoms. The lowest BCUT2D eigenvalue weighted by Crippen LogP contribution is -2.11. The molecule has 54 heavy (non-hydrogen) atoms. The fourth-order valence-corrected chi connectivity index (χ4v) is 8.90. The number of thiophene rings is 1. The number of nitrogens with zero attached hydrogens (tertiary/aromatic N) is 1. The standard InChI is InChI=1S/C52H35NS/c1-3-13-36(14-4-1)40-19-11-20-44(33-40)53(43-29-25-39(26-30-43)46-23-12-18-37-17-7-8-21-45(37)46)50-31-27-41(34-48(50)38-15-5-2-6-16-38)42-28-32-52-49(35-42)47-22-9-10-24-51(47)54-52/h1-35H. The maximum Gasteiger partial charge on any atom is 0.0540 e. The molecule has 0 aliphatic carbocycles. The van der Waals surface area contributed by atoms with Gasteiger partial charge < -0.3 is 4.90 Å². The molecule has 0 amide bonds. The van der Waals surface area contributed by atoms with Gasteiger partial charge in [0, 0.05) is 37.1 Å². The minimum atomic E-state index is 1.10. The molecule has 0 atom stereocenters. The Bertz CT molecular complexity index is 2920. The normalized spacial score (nSPS) is 11.3. The lowest BCUT2D eigenvalue weighted by Gasteiger charge is -2.29. The van der Waals surface area contributed by atoms with Gasteiger partial charge in [-0.3, -0.25) is 0 Å². The summed E-state index contributed by atoms with van der Waals surface area (Å²) in [5.74, 6) is 0. The molecule has 0 saturated carbocycles. The van der Waals surface area contributed by atoms with Gasteiger partial charge in [0.15, 0.2) is 0 Å². The van der Waals surface area contributed by atoms with E-state index in [2.05, 4.69) is 217 Å². The molecule has 0 unspecified atom stereocenters. The van der Waals surface area contributed by atoms with Crippen molar-refractivity contribution >= 4 is 59.3 Å². The van der Waals surface area contributed by atoms with Gasteiger partial charge in [-0.25, -0.2) is 0 Å². The molecule has 254 valence electrons. The average Bonchev–Trinajstić information content (AvgIpc) is 3.63. The third kappa shape index (κ3) is 5.84. The topological polar surface area (TPSA) is 3.24 Å². The lowest BCUT2D eigenvalue weighted by atomic mass is 9.95. The molecule has 1 heterocycles. The van der Waals surface area contributed by atoms with Gasteiger partial charge in [-0.1, -0.05) is 158 Å². The van der Waals surface area contributed by atoms with Crippen molar-refractivity contribution in [1.29, 1.82) is 0 Å². The van der Waals surface area contributed by atoms with E-state index in [0.717, 1.165) is 17.1 Å². The van der Waals surface area contributed by atoms with Crippen LogP contribution in [0.15, 0.2) is 212 Å². The Kier molecular flexibility index (Phi) is 8.09. The second-order valence-corrected chi connectivity index (χ2v) is 14.8. The maximum atomic E-state index is 2.42. The molecule has 2 heteroatoms. The van der Waals surface area contributed by atoms with E-state index in [9.17, 15) is 0 Å². The van der Waals surface area contributed by atoms with Crippen LogP contribution in [0.4, 0.5) is 17.1 Å². The zero-order valence-electron chi connectivity index (χ0n) is 29.6. The Morgan fingerprint density at radius 1 is 0.296 bits per heavy atom. The number of hydrogen-bond donors (Lipinski definition) is 0. The summed E-state index contributed by atoms with van der Waals surface area (Å²) in [4.78, 5) is 2.42. The second kappa shape index (κ2) is 13.7. The van der Waals surface area contributed by atoms with Crippen molar-refractivity contribution in [1.82, 2.24) is 0 Å². The highest BCUT2D eigenvalue weighted by molar-refractivity contribution is 7.25. The molecule has 0 bridgehead atoms. The van der Waals surface area contributed by atoms with Gasteiger partial charge in [-0.05, 0) is 104 Å². The zero-order chi connectivity index (χ0) is 35.8. The number of fused-ring (bicyclic) bond motifs is 4.